The van der Waals surface area contributed by atoms with E-state index in [1.54, 1.807) is 18.5 Å². The third kappa shape index (κ3) is 4.26. The third-order valence-electron chi connectivity index (χ3n) is 3.08. The molecule has 0 saturated heterocycles. The standard InChI is InChI=1S/C14H20FN5S/c1-10(2)20-14(17-9-18-20)7-11(19-16)8-21-13-6-4-3-5-12(13)15/h3-6,9-11,19H,7-8,16H2,1-2H3. The molecule has 0 radical (unpaired) electrons. The number of nitrogens with one attached hydrogen (secondary N) is 1. The van der Waals surface area contributed by atoms with Crippen LogP contribution in [0.2, 0.25) is 0 Å². The summed E-state index contributed by atoms with van der Waals surface area (Å²) in [6, 6.07) is 6.98. The Balaban J connectivity index is 1.97. The second-order valence-electron chi connectivity index (χ2n) is 5.02. The lowest BCUT2D eigenvalue weighted by molar-refractivity contribution is 0.477. The number of thioether (sulfide) groups is 1. The summed E-state index contributed by atoms with van der Waals surface area (Å²) in [5, 5.41) is 4.21. The first-order chi connectivity index (χ1) is 10.1. The van der Waals surface area contributed by atoms with Crippen LogP contribution in [0.25, 0.3) is 0 Å². The molecule has 0 aliphatic carbocycles. The first-order valence-corrected chi connectivity index (χ1v) is 7.82. The van der Waals surface area contributed by atoms with Gasteiger partial charge in [-0.3, -0.25) is 11.3 Å². The first-order valence-electron chi connectivity index (χ1n) is 6.83. The fourth-order valence-electron chi connectivity index (χ4n) is 1.99. The Morgan fingerprint density at radius 1 is 1.38 bits per heavy atom. The number of hydrazine groups is 1. The van der Waals surface area contributed by atoms with Crippen LogP contribution < -0.4 is 11.3 Å². The molecule has 0 bridgehead atoms. The summed E-state index contributed by atoms with van der Waals surface area (Å²) < 4.78 is 15.5. The Bertz CT molecular complexity index is 572. The van der Waals surface area contributed by atoms with Gasteiger partial charge in [-0.2, -0.15) is 5.10 Å². The van der Waals surface area contributed by atoms with E-state index in [1.165, 1.54) is 17.8 Å². The monoisotopic (exact) mass is 309 g/mol. The highest BCUT2D eigenvalue weighted by Crippen LogP contribution is 2.22. The van der Waals surface area contributed by atoms with Crippen LogP contribution in [-0.2, 0) is 6.42 Å². The van der Waals surface area contributed by atoms with E-state index in [-0.39, 0.29) is 17.9 Å². The number of hydrogen-bond acceptors (Lipinski definition) is 5. The Hall–Kier alpha value is -1.44. The van der Waals surface area contributed by atoms with E-state index >= 15 is 0 Å². The lowest BCUT2D eigenvalue weighted by Gasteiger charge is -2.17. The summed E-state index contributed by atoms with van der Waals surface area (Å²) in [5.41, 5.74) is 2.77. The molecule has 1 atom stereocenters. The van der Waals surface area contributed by atoms with Crippen LogP contribution in [-0.4, -0.2) is 26.6 Å². The minimum absolute atomic E-state index is 0.00342. The maximum absolute atomic E-state index is 13.6. The number of aromatic nitrogens is 3. The van der Waals surface area contributed by atoms with Gasteiger partial charge in [0.1, 0.15) is 18.0 Å². The fourth-order valence-corrected chi connectivity index (χ4v) is 2.97. The number of hydrogen-bond donors (Lipinski definition) is 2. The van der Waals surface area contributed by atoms with Crippen molar-refractivity contribution in [3.8, 4) is 0 Å². The molecule has 1 unspecified atom stereocenters. The van der Waals surface area contributed by atoms with Crippen molar-refractivity contribution in [2.24, 2.45) is 5.84 Å². The largest absolute Gasteiger partial charge is 0.271 e. The van der Waals surface area contributed by atoms with Gasteiger partial charge in [-0.25, -0.2) is 14.1 Å². The van der Waals surface area contributed by atoms with E-state index in [9.17, 15) is 4.39 Å². The normalized spacial score (nSPS) is 12.8. The molecule has 0 saturated carbocycles. The average molecular weight is 309 g/mol. The van der Waals surface area contributed by atoms with Crippen molar-refractivity contribution in [3.05, 3.63) is 42.2 Å². The molecule has 5 nitrogen and oxygen atoms in total. The maximum atomic E-state index is 13.6. The van der Waals surface area contributed by atoms with Crippen molar-refractivity contribution >= 4 is 11.8 Å². The van der Waals surface area contributed by atoms with E-state index in [1.807, 2.05) is 10.7 Å². The van der Waals surface area contributed by atoms with Crippen molar-refractivity contribution in [3.63, 3.8) is 0 Å². The predicted molar refractivity (Wildman–Crippen MR) is 82.3 cm³/mol. The van der Waals surface area contributed by atoms with Crippen molar-refractivity contribution in [1.82, 2.24) is 20.2 Å². The molecular formula is C14H20FN5S. The molecule has 1 aromatic carbocycles. The van der Waals surface area contributed by atoms with Crippen molar-refractivity contribution in [2.75, 3.05) is 5.75 Å². The molecule has 114 valence electrons. The van der Waals surface area contributed by atoms with Crippen molar-refractivity contribution in [2.45, 2.75) is 37.2 Å². The SMILES string of the molecule is CC(C)n1ncnc1CC(CSc1ccccc1F)NN. The Labute approximate surface area is 128 Å². The predicted octanol–water partition coefficient (Wildman–Crippen LogP) is 2.16. The van der Waals surface area contributed by atoms with Crippen molar-refractivity contribution in [1.29, 1.82) is 0 Å². The van der Waals surface area contributed by atoms with Gasteiger partial charge in [-0.05, 0) is 26.0 Å². The van der Waals surface area contributed by atoms with E-state index in [4.69, 9.17) is 5.84 Å². The lowest BCUT2D eigenvalue weighted by atomic mass is 10.2. The zero-order valence-corrected chi connectivity index (χ0v) is 13.0. The zero-order valence-electron chi connectivity index (χ0n) is 12.2. The molecule has 0 spiro atoms. The molecule has 0 amide bonds. The molecular weight excluding hydrogens is 289 g/mol. The van der Waals surface area contributed by atoms with Crippen LogP contribution in [0.15, 0.2) is 35.5 Å². The molecule has 2 rings (SSSR count). The smallest absolute Gasteiger partial charge is 0.138 e. The van der Waals surface area contributed by atoms with Gasteiger partial charge in [0.05, 0.1) is 0 Å². The quantitative estimate of drug-likeness (QED) is 0.466. The summed E-state index contributed by atoms with van der Waals surface area (Å²) in [6.07, 6.45) is 2.20. The number of rotatable bonds is 7. The zero-order chi connectivity index (χ0) is 15.2. The van der Waals surface area contributed by atoms with E-state index in [2.05, 4.69) is 29.4 Å². The summed E-state index contributed by atoms with van der Waals surface area (Å²) >= 11 is 1.44. The summed E-state index contributed by atoms with van der Waals surface area (Å²) in [4.78, 5) is 4.90. The van der Waals surface area contributed by atoms with Gasteiger partial charge in [0.15, 0.2) is 0 Å². The average Bonchev–Trinajstić information content (AvgIpc) is 2.93. The molecule has 3 N–H and O–H groups in total. The van der Waals surface area contributed by atoms with Gasteiger partial charge in [0, 0.05) is 29.2 Å². The van der Waals surface area contributed by atoms with Crippen molar-refractivity contribution < 1.29 is 4.39 Å². The second-order valence-corrected chi connectivity index (χ2v) is 6.09. The van der Waals surface area contributed by atoms with Gasteiger partial charge in [-0.1, -0.05) is 12.1 Å². The molecule has 2 aromatic rings. The lowest BCUT2D eigenvalue weighted by Crippen LogP contribution is -2.39. The molecule has 0 aliphatic rings. The maximum Gasteiger partial charge on any atom is 0.138 e. The van der Waals surface area contributed by atoms with Gasteiger partial charge in [-0.15, -0.1) is 11.8 Å². The highest BCUT2D eigenvalue weighted by Gasteiger charge is 2.15. The highest BCUT2D eigenvalue weighted by molar-refractivity contribution is 7.99. The second kappa shape index (κ2) is 7.53. The molecule has 0 aliphatic heterocycles. The Morgan fingerprint density at radius 3 is 2.81 bits per heavy atom. The summed E-state index contributed by atoms with van der Waals surface area (Å²) in [7, 11) is 0. The van der Waals surface area contributed by atoms with Gasteiger partial charge < -0.3 is 0 Å². The summed E-state index contributed by atoms with van der Waals surface area (Å²) in [5.74, 6) is 6.93. The molecule has 1 aromatic heterocycles. The van der Waals surface area contributed by atoms with E-state index in [0.717, 1.165) is 5.82 Å². The minimum Gasteiger partial charge on any atom is -0.271 e. The van der Waals surface area contributed by atoms with Crippen LogP contribution in [0.4, 0.5) is 4.39 Å². The molecule has 21 heavy (non-hydrogen) atoms. The Kier molecular flexibility index (Phi) is 5.72. The minimum atomic E-state index is -0.205. The highest BCUT2D eigenvalue weighted by atomic mass is 32.2. The van der Waals surface area contributed by atoms with Crippen LogP contribution in [0, 0.1) is 5.82 Å². The van der Waals surface area contributed by atoms with Crippen LogP contribution in [0.5, 0.6) is 0 Å². The first kappa shape index (κ1) is 15.9. The molecule has 0 fully saturated rings. The van der Waals surface area contributed by atoms with Crippen LogP contribution >= 0.6 is 11.8 Å². The topological polar surface area (TPSA) is 68.8 Å². The number of halogens is 1. The summed E-state index contributed by atoms with van der Waals surface area (Å²) in [6.45, 7) is 4.11. The van der Waals surface area contributed by atoms with Gasteiger partial charge in [0.25, 0.3) is 0 Å². The van der Waals surface area contributed by atoms with E-state index in [0.29, 0.717) is 17.1 Å². The molecule has 7 heteroatoms. The molecule has 1 heterocycles. The van der Waals surface area contributed by atoms with Crippen LogP contribution in [0.3, 0.4) is 0 Å². The number of nitrogens with zero attached hydrogens (tertiary/aromatic N) is 3. The Morgan fingerprint density at radius 2 is 2.14 bits per heavy atom. The number of benzene rings is 1. The number of nitrogens with two attached hydrogens (primary N) is 1. The van der Waals surface area contributed by atoms with Gasteiger partial charge in [0.2, 0.25) is 0 Å². The third-order valence-corrected chi connectivity index (χ3v) is 4.29. The van der Waals surface area contributed by atoms with E-state index < -0.39 is 0 Å². The van der Waals surface area contributed by atoms with Crippen LogP contribution in [0.1, 0.15) is 25.7 Å². The fraction of sp³-hybridized carbons (Fsp3) is 0.429. The van der Waals surface area contributed by atoms with Gasteiger partial charge >= 0.3 is 0 Å².